The summed E-state index contributed by atoms with van der Waals surface area (Å²) in [4.78, 5) is 2.30. The summed E-state index contributed by atoms with van der Waals surface area (Å²) < 4.78 is 28.3. The lowest BCUT2D eigenvalue weighted by atomic mass is 9.99. The van der Waals surface area contributed by atoms with E-state index in [9.17, 15) is 8.78 Å². The van der Waals surface area contributed by atoms with Crippen LogP contribution in [0.25, 0.3) is 0 Å². The molecule has 1 saturated heterocycles. The van der Waals surface area contributed by atoms with Gasteiger partial charge in [-0.1, -0.05) is 0 Å². The van der Waals surface area contributed by atoms with Crippen LogP contribution < -0.4 is 0 Å². The molecule has 0 aliphatic carbocycles. The van der Waals surface area contributed by atoms with E-state index in [0.29, 0.717) is 12.8 Å². The fraction of sp³-hybridized carbons (Fsp3) is 1.00. The Labute approximate surface area is 84.2 Å². The van der Waals surface area contributed by atoms with E-state index in [4.69, 9.17) is 0 Å². The van der Waals surface area contributed by atoms with Gasteiger partial charge in [0.15, 0.2) is 0 Å². The first-order chi connectivity index (χ1) is 6.39. The molecule has 0 aromatic rings. The minimum atomic E-state index is -2.62. The molecule has 0 N–H and O–H groups in total. The lowest BCUT2D eigenvalue weighted by Gasteiger charge is -2.40. The van der Waals surface area contributed by atoms with Crippen molar-refractivity contribution < 1.29 is 13.5 Å². The largest absolute Gasteiger partial charge is 0.345 e. The van der Waals surface area contributed by atoms with Crippen molar-refractivity contribution >= 4 is 0 Å². The Bertz CT molecular complexity index is 171. The molecule has 0 unspecified atom stereocenters. The van der Waals surface area contributed by atoms with E-state index in [1.807, 2.05) is 0 Å². The molecule has 14 heavy (non-hydrogen) atoms. The van der Waals surface area contributed by atoms with Crippen molar-refractivity contribution in [1.82, 2.24) is 4.90 Å². The molecule has 0 aromatic carbocycles. The smallest absolute Gasteiger partial charge is 0.320 e. The summed E-state index contributed by atoms with van der Waals surface area (Å²) in [6.45, 7) is 5.49. The van der Waals surface area contributed by atoms with Crippen LogP contribution in [0.5, 0.6) is 0 Å². The Hall–Kier alpha value is -0.220. The molecule has 0 atom stereocenters. The van der Waals surface area contributed by atoms with Crippen LogP contribution in [0.4, 0.5) is 8.78 Å². The maximum absolute atomic E-state index is 11.9. The van der Waals surface area contributed by atoms with Gasteiger partial charge in [0.25, 0.3) is 0 Å². The molecule has 1 aliphatic heterocycles. The predicted octanol–water partition coefficient (Wildman–Crippen LogP) is 2.49. The van der Waals surface area contributed by atoms with Gasteiger partial charge in [-0.3, -0.25) is 4.90 Å². The zero-order chi connectivity index (χ0) is 10.8. The van der Waals surface area contributed by atoms with E-state index in [-0.39, 0.29) is 11.6 Å². The second-order valence-electron chi connectivity index (χ2n) is 4.75. The number of likely N-dealkylation sites (tertiary alicyclic amines) is 1. The zero-order valence-corrected chi connectivity index (χ0v) is 9.09. The van der Waals surface area contributed by atoms with Crippen LogP contribution in [-0.4, -0.2) is 36.2 Å². The number of hydrogen-bond donors (Lipinski definition) is 0. The second kappa shape index (κ2) is 4.53. The average Bonchev–Trinajstić information content (AvgIpc) is 2.02. The molecule has 1 aliphatic rings. The normalized spacial score (nSPS) is 21.9. The van der Waals surface area contributed by atoms with Gasteiger partial charge in [-0.25, -0.2) is 0 Å². The van der Waals surface area contributed by atoms with Gasteiger partial charge in [0, 0.05) is 18.6 Å². The van der Waals surface area contributed by atoms with Crippen LogP contribution in [0.3, 0.4) is 0 Å². The number of halogens is 2. The van der Waals surface area contributed by atoms with Crippen molar-refractivity contribution in [3.63, 3.8) is 0 Å². The van der Waals surface area contributed by atoms with Crippen LogP contribution >= 0.6 is 0 Å². The highest BCUT2D eigenvalue weighted by molar-refractivity contribution is 4.81. The first kappa shape index (κ1) is 11.9. The number of alkyl halides is 2. The minimum Gasteiger partial charge on any atom is -0.320 e. The topological polar surface area (TPSA) is 12.5 Å². The molecular formula is C10H19F2NO. The molecule has 0 bridgehead atoms. The number of rotatable bonds is 2. The fourth-order valence-corrected chi connectivity index (χ4v) is 1.81. The second-order valence-corrected chi connectivity index (χ2v) is 4.75. The van der Waals surface area contributed by atoms with Crippen molar-refractivity contribution in [2.45, 2.75) is 51.9 Å². The van der Waals surface area contributed by atoms with Gasteiger partial charge in [-0.2, -0.15) is 8.78 Å². The third-order valence-electron chi connectivity index (χ3n) is 2.69. The Balaban J connectivity index is 2.31. The Morgan fingerprint density at radius 2 is 1.71 bits per heavy atom. The van der Waals surface area contributed by atoms with Gasteiger partial charge < -0.3 is 4.74 Å². The molecule has 0 radical (unpaired) electrons. The molecule has 2 nitrogen and oxygen atoms in total. The number of nitrogens with zero attached hydrogens (tertiary/aromatic N) is 1. The van der Waals surface area contributed by atoms with Crippen molar-refractivity contribution in [2.24, 2.45) is 0 Å². The molecule has 1 fully saturated rings. The molecular weight excluding hydrogens is 188 g/mol. The summed E-state index contributed by atoms with van der Waals surface area (Å²) in [6.07, 6.45) is 1.16. The quantitative estimate of drug-likeness (QED) is 0.689. The summed E-state index contributed by atoms with van der Waals surface area (Å²) in [7, 11) is 0. The monoisotopic (exact) mass is 207 g/mol. The summed E-state index contributed by atoms with van der Waals surface area (Å²) in [6, 6.07) is 0. The number of hydrogen-bond acceptors (Lipinski definition) is 2. The van der Waals surface area contributed by atoms with Crippen molar-refractivity contribution in [3.05, 3.63) is 0 Å². The SMILES string of the molecule is CC(C)(C)N1CCC(OC(F)F)CC1. The lowest BCUT2D eigenvalue weighted by molar-refractivity contribution is -0.174. The molecule has 4 heteroatoms. The third kappa shape index (κ3) is 3.50. The van der Waals surface area contributed by atoms with Crippen molar-refractivity contribution in [2.75, 3.05) is 13.1 Å². The highest BCUT2D eigenvalue weighted by Gasteiger charge is 2.28. The highest BCUT2D eigenvalue weighted by Crippen LogP contribution is 2.22. The summed E-state index contributed by atoms with van der Waals surface area (Å²) in [5.74, 6) is 0. The summed E-state index contributed by atoms with van der Waals surface area (Å²) in [5.41, 5.74) is 0.135. The van der Waals surface area contributed by atoms with E-state index in [1.54, 1.807) is 0 Å². The van der Waals surface area contributed by atoms with Crippen molar-refractivity contribution in [3.8, 4) is 0 Å². The van der Waals surface area contributed by atoms with E-state index in [1.165, 1.54) is 0 Å². The van der Waals surface area contributed by atoms with Gasteiger partial charge in [0.1, 0.15) is 0 Å². The molecule has 1 rings (SSSR count). The summed E-state index contributed by atoms with van der Waals surface area (Å²) >= 11 is 0. The van der Waals surface area contributed by atoms with Gasteiger partial charge >= 0.3 is 6.61 Å². The molecule has 84 valence electrons. The van der Waals surface area contributed by atoms with Crippen LogP contribution in [0.15, 0.2) is 0 Å². The molecule has 0 spiro atoms. The van der Waals surface area contributed by atoms with Gasteiger partial charge in [-0.05, 0) is 33.6 Å². The van der Waals surface area contributed by atoms with E-state index in [2.05, 4.69) is 30.4 Å². The van der Waals surface area contributed by atoms with E-state index in [0.717, 1.165) is 13.1 Å². The zero-order valence-electron chi connectivity index (χ0n) is 9.09. The van der Waals surface area contributed by atoms with Crippen LogP contribution in [-0.2, 0) is 4.74 Å². The highest BCUT2D eigenvalue weighted by atomic mass is 19.3. The van der Waals surface area contributed by atoms with E-state index >= 15 is 0 Å². The Morgan fingerprint density at radius 3 is 2.07 bits per heavy atom. The standard InChI is InChI=1S/C10H19F2NO/c1-10(2,3)13-6-4-8(5-7-13)14-9(11)12/h8-9H,4-7H2,1-3H3. The summed E-state index contributed by atoms with van der Waals surface area (Å²) in [5, 5.41) is 0. The van der Waals surface area contributed by atoms with Gasteiger partial charge in [0.05, 0.1) is 6.10 Å². The fourth-order valence-electron chi connectivity index (χ4n) is 1.81. The average molecular weight is 207 g/mol. The maximum Gasteiger partial charge on any atom is 0.345 e. The molecule has 0 amide bonds. The Kier molecular flexibility index (Phi) is 3.84. The molecule has 1 heterocycles. The molecule has 0 aromatic heterocycles. The number of piperidine rings is 1. The van der Waals surface area contributed by atoms with Gasteiger partial charge in [-0.15, -0.1) is 0 Å². The lowest BCUT2D eigenvalue weighted by Crippen LogP contribution is -2.47. The van der Waals surface area contributed by atoms with Crippen LogP contribution in [0.1, 0.15) is 33.6 Å². The molecule has 0 saturated carbocycles. The van der Waals surface area contributed by atoms with Crippen LogP contribution in [0.2, 0.25) is 0 Å². The van der Waals surface area contributed by atoms with E-state index < -0.39 is 6.61 Å². The number of ether oxygens (including phenoxy) is 1. The van der Waals surface area contributed by atoms with Crippen LogP contribution in [0, 0.1) is 0 Å². The maximum atomic E-state index is 11.9. The minimum absolute atomic E-state index is 0.135. The third-order valence-corrected chi connectivity index (χ3v) is 2.69. The first-order valence-corrected chi connectivity index (χ1v) is 5.08. The predicted molar refractivity (Wildman–Crippen MR) is 51.4 cm³/mol. The first-order valence-electron chi connectivity index (χ1n) is 5.08. The van der Waals surface area contributed by atoms with Crippen molar-refractivity contribution in [1.29, 1.82) is 0 Å². The Morgan fingerprint density at radius 1 is 1.21 bits per heavy atom. The van der Waals surface area contributed by atoms with Gasteiger partial charge in [0.2, 0.25) is 0 Å².